The fourth-order valence-corrected chi connectivity index (χ4v) is 4.77. The van der Waals surface area contributed by atoms with Crippen molar-refractivity contribution in [3.8, 4) is 16.9 Å². The van der Waals surface area contributed by atoms with E-state index < -0.39 is 0 Å². The van der Waals surface area contributed by atoms with Crippen molar-refractivity contribution < 1.29 is 19.0 Å². The Kier molecular flexibility index (Phi) is 7.08. The molecule has 4 aromatic rings. The van der Waals surface area contributed by atoms with Crippen LogP contribution in [0.3, 0.4) is 0 Å². The van der Waals surface area contributed by atoms with E-state index in [1.165, 1.54) is 11.3 Å². The molecule has 0 saturated heterocycles. The maximum absolute atomic E-state index is 13.5. The van der Waals surface area contributed by atoms with E-state index in [1.54, 1.807) is 36.8 Å². The number of methoxy groups -OCH3 is 3. The molecule has 0 aliphatic rings. The Morgan fingerprint density at radius 3 is 2.30 bits per heavy atom. The molecule has 0 N–H and O–H groups in total. The van der Waals surface area contributed by atoms with Crippen molar-refractivity contribution in [2.45, 2.75) is 0 Å². The Balaban J connectivity index is 1.85. The summed E-state index contributed by atoms with van der Waals surface area (Å²) in [6, 6.07) is 13.1. The van der Waals surface area contributed by atoms with E-state index in [0.717, 1.165) is 26.9 Å². The molecule has 0 fully saturated rings. The van der Waals surface area contributed by atoms with Gasteiger partial charge in [0.2, 0.25) is 0 Å². The van der Waals surface area contributed by atoms with Crippen molar-refractivity contribution in [1.82, 2.24) is 9.30 Å². The summed E-state index contributed by atoms with van der Waals surface area (Å²) in [6.07, 6.45) is 1.66. The number of ether oxygens (including phenoxy) is 3. The first kappa shape index (κ1) is 23.0. The summed E-state index contributed by atoms with van der Waals surface area (Å²) in [5.41, 5.74) is 2.43. The summed E-state index contributed by atoms with van der Waals surface area (Å²) in [6.45, 7) is 1.70. The van der Waals surface area contributed by atoms with Crippen LogP contribution in [0.4, 0.5) is 0 Å². The highest BCUT2D eigenvalue weighted by Gasteiger charge is 2.21. The van der Waals surface area contributed by atoms with Crippen LogP contribution in [0.15, 0.2) is 58.8 Å². The van der Waals surface area contributed by atoms with Gasteiger partial charge in [-0.2, -0.15) is 0 Å². The number of amides is 1. The third-order valence-electron chi connectivity index (χ3n) is 5.61. The predicted molar refractivity (Wildman–Crippen MR) is 131 cm³/mol. The zero-order chi connectivity index (χ0) is 23.4. The average molecular weight is 467 g/mol. The second-order valence-corrected chi connectivity index (χ2v) is 8.44. The van der Waals surface area contributed by atoms with Crippen molar-refractivity contribution in [2.75, 3.05) is 47.6 Å². The lowest BCUT2D eigenvalue weighted by atomic mass is 10.1. The zero-order valence-corrected chi connectivity index (χ0v) is 19.7. The number of hydrogen-bond donors (Lipinski definition) is 0. The fraction of sp³-hybridized carbons (Fsp3) is 0.280. The van der Waals surface area contributed by atoms with Gasteiger partial charge in [0.15, 0.2) is 0 Å². The molecule has 0 radical (unpaired) electrons. The molecule has 0 aliphatic carbocycles. The third kappa shape index (κ3) is 4.50. The quantitative estimate of drug-likeness (QED) is 0.374. The number of nitrogens with zero attached hydrogens (tertiary/aromatic N) is 2. The number of pyridine rings is 2. The first-order valence-electron chi connectivity index (χ1n) is 10.6. The molecule has 1 amide bonds. The molecule has 0 atom stereocenters. The van der Waals surface area contributed by atoms with Gasteiger partial charge in [-0.15, -0.1) is 11.3 Å². The summed E-state index contributed by atoms with van der Waals surface area (Å²) in [4.78, 5) is 28.7. The molecule has 7 nitrogen and oxygen atoms in total. The minimum absolute atomic E-state index is 0.156. The van der Waals surface area contributed by atoms with Crippen LogP contribution < -0.4 is 10.3 Å². The van der Waals surface area contributed by atoms with Gasteiger partial charge in [-0.25, -0.2) is 0 Å². The maximum Gasteiger partial charge on any atom is 0.263 e. The van der Waals surface area contributed by atoms with Crippen molar-refractivity contribution >= 4 is 32.8 Å². The molecule has 3 aromatic heterocycles. The molecule has 0 aliphatic heterocycles. The van der Waals surface area contributed by atoms with E-state index in [2.05, 4.69) is 0 Å². The molecule has 4 rings (SSSR count). The molecule has 172 valence electrons. The summed E-state index contributed by atoms with van der Waals surface area (Å²) < 4.78 is 18.1. The van der Waals surface area contributed by atoms with E-state index in [4.69, 9.17) is 14.2 Å². The highest BCUT2D eigenvalue weighted by atomic mass is 32.1. The number of rotatable bonds is 9. The first-order chi connectivity index (χ1) is 16.1. The lowest BCUT2D eigenvalue weighted by Crippen LogP contribution is -2.37. The van der Waals surface area contributed by atoms with Crippen LogP contribution in [-0.2, 0) is 9.47 Å². The standard InChI is InChI=1S/C25H26N2O5S/c1-30-13-11-26(12-14-31-2)24(28)21-16-27-22(23-20(21)10-15-33-23)9-8-19(25(27)29)17-4-6-18(32-3)7-5-17/h4-10,15-16H,11-14H2,1-3H3. The second kappa shape index (κ2) is 10.2. The SMILES string of the molecule is COCCN(CCOC)C(=O)c1cn2c(=O)c(-c3ccc(OC)cc3)ccc2c2sccc12. The number of aromatic nitrogens is 1. The Morgan fingerprint density at radius 1 is 0.970 bits per heavy atom. The second-order valence-electron chi connectivity index (χ2n) is 7.52. The van der Waals surface area contributed by atoms with Crippen LogP contribution >= 0.6 is 11.3 Å². The van der Waals surface area contributed by atoms with Crippen molar-refractivity contribution in [2.24, 2.45) is 0 Å². The summed E-state index contributed by atoms with van der Waals surface area (Å²) in [7, 11) is 4.81. The molecular formula is C25H26N2O5S. The van der Waals surface area contributed by atoms with E-state index in [-0.39, 0.29) is 11.5 Å². The Hall–Kier alpha value is -3.20. The van der Waals surface area contributed by atoms with E-state index in [9.17, 15) is 9.59 Å². The Labute approximate surface area is 195 Å². The molecule has 33 heavy (non-hydrogen) atoms. The van der Waals surface area contributed by atoms with Crippen LogP contribution in [0.1, 0.15) is 10.4 Å². The van der Waals surface area contributed by atoms with Crippen molar-refractivity contribution in [3.05, 3.63) is 70.0 Å². The molecule has 0 unspecified atom stereocenters. The van der Waals surface area contributed by atoms with Gasteiger partial charge in [0, 0.05) is 44.5 Å². The summed E-state index contributed by atoms with van der Waals surface area (Å²) in [5, 5.41) is 2.78. The van der Waals surface area contributed by atoms with Gasteiger partial charge < -0.3 is 19.1 Å². The lowest BCUT2D eigenvalue weighted by molar-refractivity contribution is 0.0628. The first-order valence-corrected chi connectivity index (χ1v) is 11.4. The number of thiophene rings is 1. The summed E-state index contributed by atoms with van der Waals surface area (Å²) >= 11 is 1.51. The fourth-order valence-electron chi connectivity index (χ4n) is 3.83. The van der Waals surface area contributed by atoms with Gasteiger partial charge in [-0.05, 0) is 41.3 Å². The minimum atomic E-state index is -0.178. The number of benzene rings is 1. The van der Waals surface area contributed by atoms with Gasteiger partial charge in [0.05, 0.1) is 36.1 Å². The van der Waals surface area contributed by atoms with Gasteiger partial charge in [-0.3, -0.25) is 14.0 Å². The highest BCUT2D eigenvalue weighted by molar-refractivity contribution is 7.18. The van der Waals surface area contributed by atoms with Gasteiger partial charge in [0.25, 0.3) is 11.5 Å². The number of carbonyl (C=O) groups is 1. The molecule has 1 aromatic carbocycles. The van der Waals surface area contributed by atoms with Crippen LogP contribution in [0.2, 0.25) is 0 Å². The van der Waals surface area contributed by atoms with Crippen LogP contribution in [-0.4, -0.2) is 62.8 Å². The largest absolute Gasteiger partial charge is 0.497 e. The van der Waals surface area contributed by atoms with Gasteiger partial charge in [-0.1, -0.05) is 12.1 Å². The monoisotopic (exact) mass is 466 g/mol. The van der Waals surface area contributed by atoms with Crippen LogP contribution in [0.25, 0.3) is 26.7 Å². The maximum atomic E-state index is 13.5. The third-order valence-corrected chi connectivity index (χ3v) is 6.55. The van der Waals surface area contributed by atoms with E-state index >= 15 is 0 Å². The summed E-state index contributed by atoms with van der Waals surface area (Å²) in [5.74, 6) is 0.566. The minimum Gasteiger partial charge on any atom is -0.497 e. The molecule has 8 heteroatoms. The number of fused-ring (bicyclic) bond motifs is 3. The van der Waals surface area contributed by atoms with E-state index in [0.29, 0.717) is 37.4 Å². The Morgan fingerprint density at radius 2 is 1.67 bits per heavy atom. The predicted octanol–water partition coefficient (Wildman–Crippen LogP) is 3.92. The van der Waals surface area contributed by atoms with Gasteiger partial charge >= 0.3 is 0 Å². The van der Waals surface area contributed by atoms with Crippen molar-refractivity contribution in [1.29, 1.82) is 0 Å². The van der Waals surface area contributed by atoms with Crippen LogP contribution in [0, 0.1) is 0 Å². The molecular weight excluding hydrogens is 440 g/mol. The zero-order valence-electron chi connectivity index (χ0n) is 18.9. The van der Waals surface area contributed by atoms with E-state index in [1.807, 2.05) is 47.8 Å². The topological polar surface area (TPSA) is 69.5 Å². The molecule has 0 bridgehead atoms. The molecule has 3 heterocycles. The molecule has 0 spiro atoms. The number of carbonyl (C=O) groups excluding carboxylic acids is 1. The molecule has 0 saturated carbocycles. The lowest BCUT2D eigenvalue weighted by Gasteiger charge is -2.23. The number of hydrogen-bond acceptors (Lipinski definition) is 6. The van der Waals surface area contributed by atoms with Crippen LogP contribution in [0.5, 0.6) is 5.75 Å². The van der Waals surface area contributed by atoms with Crippen molar-refractivity contribution in [3.63, 3.8) is 0 Å². The Bertz CT molecular complexity index is 1320. The normalized spacial score (nSPS) is 11.2. The van der Waals surface area contributed by atoms with Gasteiger partial charge in [0.1, 0.15) is 5.75 Å². The smallest absolute Gasteiger partial charge is 0.263 e. The average Bonchev–Trinajstić information content (AvgIpc) is 3.34. The highest BCUT2D eigenvalue weighted by Crippen LogP contribution is 2.30.